The molecule has 9 heteroatoms. The first-order chi connectivity index (χ1) is 13.0. The number of nitrogens with zero attached hydrogens (tertiary/aromatic N) is 3. The van der Waals surface area contributed by atoms with Crippen LogP contribution in [0.3, 0.4) is 0 Å². The van der Waals surface area contributed by atoms with Gasteiger partial charge in [0.1, 0.15) is 11.5 Å². The summed E-state index contributed by atoms with van der Waals surface area (Å²) in [6.07, 6.45) is 0. The van der Waals surface area contributed by atoms with Crippen molar-refractivity contribution in [2.24, 2.45) is 0 Å². The van der Waals surface area contributed by atoms with Gasteiger partial charge in [0.15, 0.2) is 11.5 Å². The lowest BCUT2D eigenvalue weighted by molar-refractivity contribution is 0.102. The van der Waals surface area contributed by atoms with Gasteiger partial charge in [-0.2, -0.15) is 0 Å². The average Bonchev–Trinajstić information content (AvgIpc) is 3.04. The Balaban J connectivity index is 1.78. The Morgan fingerprint density at radius 1 is 1.19 bits per heavy atom. The van der Waals surface area contributed by atoms with Crippen LogP contribution >= 0.6 is 15.9 Å². The number of nitrogens with two attached hydrogens (primary N) is 1. The van der Waals surface area contributed by atoms with E-state index in [0.29, 0.717) is 23.7 Å². The van der Waals surface area contributed by atoms with E-state index in [1.807, 2.05) is 24.3 Å². The minimum atomic E-state index is -0.474. The van der Waals surface area contributed by atoms with Crippen molar-refractivity contribution in [3.8, 4) is 11.5 Å². The molecule has 2 aromatic carbocycles. The first-order valence-electron chi connectivity index (χ1n) is 7.98. The number of carbonyl (C=O) groups is 1. The highest BCUT2D eigenvalue weighted by Gasteiger charge is 2.19. The van der Waals surface area contributed by atoms with E-state index >= 15 is 0 Å². The number of hydrogen-bond acceptors (Lipinski definition) is 6. The molecule has 1 aromatic heterocycles. The van der Waals surface area contributed by atoms with Gasteiger partial charge in [-0.25, -0.2) is 4.68 Å². The number of anilines is 2. The highest BCUT2D eigenvalue weighted by Crippen LogP contribution is 2.29. The minimum absolute atomic E-state index is 0.0463. The molecule has 0 unspecified atom stereocenters. The van der Waals surface area contributed by atoms with Crippen LogP contribution < -0.4 is 20.5 Å². The summed E-state index contributed by atoms with van der Waals surface area (Å²) in [5.74, 6) is 0.786. The van der Waals surface area contributed by atoms with Crippen molar-refractivity contribution in [3.05, 3.63) is 58.2 Å². The van der Waals surface area contributed by atoms with Gasteiger partial charge in [-0.1, -0.05) is 33.3 Å². The van der Waals surface area contributed by atoms with E-state index in [-0.39, 0.29) is 11.5 Å². The van der Waals surface area contributed by atoms with Crippen molar-refractivity contribution in [1.82, 2.24) is 15.0 Å². The second-order valence-corrected chi connectivity index (χ2v) is 6.54. The maximum absolute atomic E-state index is 12.6. The summed E-state index contributed by atoms with van der Waals surface area (Å²) < 4.78 is 12.9. The number of amides is 1. The predicted octanol–water partition coefficient (Wildman–Crippen LogP) is 2.94. The Morgan fingerprint density at radius 3 is 2.59 bits per heavy atom. The van der Waals surface area contributed by atoms with Gasteiger partial charge in [-0.15, -0.1) is 5.10 Å². The Bertz CT molecular complexity index is 956. The fourth-order valence-electron chi connectivity index (χ4n) is 2.44. The molecule has 0 saturated carbocycles. The number of nitrogen functional groups attached to an aromatic ring is 1. The Morgan fingerprint density at radius 2 is 1.93 bits per heavy atom. The van der Waals surface area contributed by atoms with Gasteiger partial charge in [0.05, 0.1) is 26.5 Å². The Kier molecular flexibility index (Phi) is 5.60. The Labute approximate surface area is 164 Å². The fraction of sp³-hybridized carbons (Fsp3) is 0.167. The summed E-state index contributed by atoms with van der Waals surface area (Å²) >= 11 is 3.39. The van der Waals surface area contributed by atoms with E-state index in [0.717, 1.165) is 10.0 Å². The zero-order valence-electron chi connectivity index (χ0n) is 14.8. The fourth-order valence-corrected chi connectivity index (χ4v) is 2.71. The molecule has 0 atom stereocenters. The third-order valence-corrected chi connectivity index (χ3v) is 4.42. The lowest BCUT2D eigenvalue weighted by Crippen LogP contribution is -2.16. The van der Waals surface area contributed by atoms with Gasteiger partial charge >= 0.3 is 0 Å². The molecule has 0 bridgehead atoms. The van der Waals surface area contributed by atoms with E-state index in [1.54, 1.807) is 25.3 Å². The monoisotopic (exact) mass is 431 g/mol. The molecule has 0 saturated heterocycles. The molecule has 0 fully saturated rings. The first-order valence-corrected chi connectivity index (χ1v) is 8.78. The number of nitrogens with one attached hydrogen (secondary N) is 1. The average molecular weight is 432 g/mol. The van der Waals surface area contributed by atoms with E-state index in [2.05, 4.69) is 31.6 Å². The standard InChI is InChI=1S/C18H18BrN5O3/c1-26-13-7-8-14(15(9-13)27-2)21-18(25)16-17(20)24(23-22-16)10-11-3-5-12(19)6-4-11/h3-9H,10,20H2,1-2H3,(H,21,25). The number of benzene rings is 2. The molecule has 140 valence electrons. The third kappa shape index (κ3) is 4.20. The van der Waals surface area contributed by atoms with Crippen LogP contribution in [0.25, 0.3) is 0 Å². The van der Waals surface area contributed by atoms with Crippen LogP contribution in [0.5, 0.6) is 11.5 Å². The van der Waals surface area contributed by atoms with E-state index in [1.165, 1.54) is 11.8 Å². The molecule has 27 heavy (non-hydrogen) atoms. The molecule has 3 rings (SSSR count). The zero-order chi connectivity index (χ0) is 19.4. The molecular formula is C18H18BrN5O3. The summed E-state index contributed by atoms with van der Waals surface area (Å²) in [6.45, 7) is 0.408. The van der Waals surface area contributed by atoms with Crippen molar-refractivity contribution < 1.29 is 14.3 Å². The van der Waals surface area contributed by atoms with Crippen molar-refractivity contribution in [2.75, 3.05) is 25.3 Å². The Hall–Kier alpha value is -3.07. The summed E-state index contributed by atoms with van der Waals surface area (Å²) in [7, 11) is 3.06. The van der Waals surface area contributed by atoms with Crippen molar-refractivity contribution in [1.29, 1.82) is 0 Å². The zero-order valence-corrected chi connectivity index (χ0v) is 16.4. The number of methoxy groups -OCH3 is 2. The summed E-state index contributed by atoms with van der Waals surface area (Å²) in [6, 6.07) is 12.8. The number of hydrogen-bond donors (Lipinski definition) is 2. The second kappa shape index (κ2) is 8.09. The third-order valence-electron chi connectivity index (χ3n) is 3.89. The molecule has 0 radical (unpaired) electrons. The van der Waals surface area contributed by atoms with Crippen molar-refractivity contribution in [2.45, 2.75) is 6.54 Å². The van der Waals surface area contributed by atoms with Gasteiger partial charge < -0.3 is 20.5 Å². The molecule has 3 aromatic rings. The van der Waals surface area contributed by atoms with Gasteiger partial charge in [-0.05, 0) is 29.8 Å². The largest absolute Gasteiger partial charge is 0.497 e. The molecular weight excluding hydrogens is 414 g/mol. The van der Waals surface area contributed by atoms with Gasteiger partial charge in [-0.3, -0.25) is 4.79 Å². The van der Waals surface area contributed by atoms with Crippen LogP contribution in [0.1, 0.15) is 16.1 Å². The summed E-state index contributed by atoms with van der Waals surface area (Å²) in [5.41, 5.74) is 7.58. The van der Waals surface area contributed by atoms with E-state index in [9.17, 15) is 4.79 Å². The number of carbonyl (C=O) groups excluding carboxylic acids is 1. The quantitative estimate of drug-likeness (QED) is 0.621. The predicted molar refractivity (Wildman–Crippen MR) is 105 cm³/mol. The number of ether oxygens (including phenoxy) is 2. The SMILES string of the molecule is COc1ccc(NC(=O)c2nnn(Cc3ccc(Br)cc3)c2N)c(OC)c1. The van der Waals surface area contributed by atoms with Gasteiger partial charge in [0.2, 0.25) is 0 Å². The number of rotatable bonds is 6. The van der Waals surface area contributed by atoms with Crippen molar-refractivity contribution in [3.63, 3.8) is 0 Å². The molecule has 0 aliphatic carbocycles. The van der Waals surface area contributed by atoms with Crippen LogP contribution in [0.2, 0.25) is 0 Å². The maximum Gasteiger partial charge on any atom is 0.280 e. The first kappa shape index (κ1) is 18.7. The smallest absolute Gasteiger partial charge is 0.280 e. The maximum atomic E-state index is 12.6. The lowest BCUT2D eigenvalue weighted by atomic mass is 10.2. The second-order valence-electron chi connectivity index (χ2n) is 5.63. The van der Waals surface area contributed by atoms with Crippen molar-refractivity contribution >= 4 is 33.3 Å². The van der Waals surface area contributed by atoms with Crippen LogP contribution in [-0.4, -0.2) is 35.1 Å². The molecule has 1 amide bonds. The normalized spacial score (nSPS) is 10.5. The highest BCUT2D eigenvalue weighted by atomic mass is 79.9. The molecule has 3 N–H and O–H groups in total. The molecule has 0 aliphatic rings. The van der Waals surface area contributed by atoms with E-state index < -0.39 is 5.91 Å². The molecule has 0 aliphatic heterocycles. The molecule has 1 heterocycles. The number of halogens is 1. The highest BCUT2D eigenvalue weighted by molar-refractivity contribution is 9.10. The lowest BCUT2D eigenvalue weighted by Gasteiger charge is -2.11. The minimum Gasteiger partial charge on any atom is -0.497 e. The number of aromatic nitrogens is 3. The topological polar surface area (TPSA) is 104 Å². The van der Waals surface area contributed by atoms with Gasteiger partial charge in [0.25, 0.3) is 5.91 Å². The van der Waals surface area contributed by atoms with Crippen LogP contribution in [0, 0.1) is 0 Å². The van der Waals surface area contributed by atoms with E-state index in [4.69, 9.17) is 15.2 Å². The van der Waals surface area contributed by atoms with Crippen LogP contribution in [-0.2, 0) is 6.54 Å². The van der Waals surface area contributed by atoms with Crippen LogP contribution in [0.4, 0.5) is 11.5 Å². The van der Waals surface area contributed by atoms with Crippen LogP contribution in [0.15, 0.2) is 46.9 Å². The van der Waals surface area contributed by atoms with Gasteiger partial charge in [0, 0.05) is 10.5 Å². The summed E-state index contributed by atoms with van der Waals surface area (Å²) in [4.78, 5) is 12.6. The summed E-state index contributed by atoms with van der Waals surface area (Å²) in [5, 5.41) is 10.6. The molecule has 8 nitrogen and oxygen atoms in total. The molecule has 0 spiro atoms.